The van der Waals surface area contributed by atoms with Crippen LogP contribution in [0.4, 0.5) is 5.95 Å². The lowest BCUT2D eigenvalue weighted by atomic mass is 10.7. The lowest BCUT2D eigenvalue weighted by molar-refractivity contribution is 0.373. The third-order valence-corrected chi connectivity index (χ3v) is 3.08. The van der Waals surface area contributed by atoms with Crippen molar-refractivity contribution in [2.24, 2.45) is 0 Å². The highest BCUT2D eigenvalue weighted by molar-refractivity contribution is 7.99. The highest BCUT2D eigenvalue weighted by Gasteiger charge is 2.13. The second-order valence-corrected chi connectivity index (χ2v) is 4.27. The van der Waals surface area contributed by atoms with Crippen molar-refractivity contribution < 1.29 is 4.74 Å². The molecule has 0 aliphatic heterocycles. The highest BCUT2D eigenvalue weighted by Crippen LogP contribution is 2.23. The van der Waals surface area contributed by atoms with E-state index in [0.717, 1.165) is 11.8 Å². The van der Waals surface area contributed by atoms with Crippen LogP contribution in [0.2, 0.25) is 0 Å². The molecule has 0 saturated heterocycles. The van der Waals surface area contributed by atoms with E-state index in [9.17, 15) is 4.79 Å². The number of aromatic nitrogens is 6. The van der Waals surface area contributed by atoms with E-state index in [1.54, 1.807) is 7.05 Å². The maximum absolute atomic E-state index is 11.4. The van der Waals surface area contributed by atoms with Crippen LogP contribution >= 0.6 is 11.8 Å². The van der Waals surface area contributed by atoms with Crippen molar-refractivity contribution in [3.8, 4) is 6.01 Å². The van der Waals surface area contributed by atoms with Gasteiger partial charge in [0.25, 0.3) is 0 Å². The molecule has 0 spiro atoms. The first kappa shape index (κ1) is 13.3. The molecule has 102 valence electrons. The minimum atomic E-state index is -0.264. The zero-order chi connectivity index (χ0) is 13.8. The monoisotopic (exact) mass is 283 g/mol. The van der Waals surface area contributed by atoms with Gasteiger partial charge >= 0.3 is 11.7 Å². The van der Waals surface area contributed by atoms with E-state index in [4.69, 9.17) is 4.74 Å². The van der Waals surface area contributed by atoms with Gasteiger partial charge in [0.2, 0.25) is 11.1 Å². The minimum Gasteiger partial charge on any atom is -0.467 e. The molecule has 0 aromatic carbocycles. The quantitative estimate of drug-likeness (QED) is 0.787. The predicted molar refractivity (Wildman–Crippen MR) is 68.6 cm³/mol. The Labute approximate surface area is 112 Å². The largest absolute Gasteiger partial charge is 0.467 e. The van der Waals surface area contributed by atoms with E-state index in [0.29, 0.717) is 22.8 Å². The fourth-order valence-corrected chi connectivity index (χ4v) is 2.16. The van der Waals surface area contributed by atoms with Crippen molar-refractivity contribution in [1.82, 2.24) is 29.7 Å². The van der Waals surface area contributed by atoms with E-state index in [2.05, 4.69) is 30.5 Å². The van der Waals surface area contributed by atoms with Crippen molar-refractivity contribution in [3.05, 3.63) is 10.5 Å². The highest BCUT2D eigenvalue weighted by atomic mass is 32.2. The van der Waals surface area contributed by atoms with Crippen molar-refractivity contribution >= 4 is 17.7 Å². The molecule has 19 heavy (non-hydrogen) atoms. The number of hydrogen-bond acceptors (Lipinski definition) is 8. The molecule has 0 bridgehead atoms. The van der Waals surface area contributed by atoms with Gasteiger partial charge in [-0.3, -0.25) is 4.57 Å². The fraction of sp³-hybridized carbons (Fsp3) is 0.444. The third-order valence-electron chi connectivity index (χ3n) is 2.22. The van der Waals surface area contributed by atoms with Crippen LogP contribution < -0.4 is 15.7 Å². The van der Waals surface area contributed by atoms with Crippen molar-refractivity contribution in [2.45, 2.75) is 23.8 Å². The summed E-state index contributed by atoms with van der Waals surface area (Å²) >= 11 is 1.16. The van der Waals surface area contributed by atoms with E-state index in [-0.39, 0.29) is 11.7 Å². The normalized spacial score (nSPS) is 10.5. The molecular formula is C9H13N7O2S. The van der Waals surface area contributed by atoms with Crippen LogP contribution in [0.25, 0.3) is 0 Å². The second-order valence-electron chi connectivity index (χ2n) is 3.34. The molecule has 0 radical (unpaired) electrons. The van der Waals surface area contributed by atoms with Gasteiger partial charge in [0.05, 0.1) is 7.11 Å². The summed E-state index contributed by atoms with van der Waals surface area (Å²) in [5.74, 6) is 0.385. The van der Waals surface area contributed by atoms with Crippen LogP contribution in [0, 0.1) is 0 Å². The molecule has 2 rings (SSSR count). The number of anilines is 1. The van der Waals surface area contributed by atoms with Gasteiger partial charge in [-0.05, 0) is 18.7 Å². The minimum absolute atomic E-state index is 0.197. The number of aromatic amines is 1. The predicted octanol–water partition coefficient (Wildman–Crippen LogP) is -0.0222. The summed E-state index contributed by atoms with van der Waals surface area (Å²) in [6.07, 6.45) is 0. The standard InChI is InChI=1S/C9H13N7O2S/c1-4-16-8(17)14-15-9(16)19-7-12-5(10-2)11-6(13-7)18-3/h4H2,1-3H3,(H,14,17)(H,10,11,12,13). The van der Waals surface area contributed by atoms with E-state index >= 15 is 0 Å². The molecule has 0 fully saturated rings. The maximum atomic E-state index is 11.4. The summed E-state index contributed by atoms with van der Waals surface area (Å²) in [6, 6.07) is 0.197. The number of H-pyrrole nitrogens is 1. The van der Waals surface area contributed by atoms with Gasteiger partial charge in [0, 0.05) is 13.6 Å². The van der Waals surface area contributed by atoms with Gasteiger partial charge in [-0.2, -0.15) is 15.0 Å². The van der Waals surface area contributed by atoms with E-state index in [1.165, 1.54) is 11.7 Å². The Bertz CT molecular complexity index is 601. The first-order valence-corrected chi connectivity index (χ1v) is 6.30. The molecular weight excluding hydrogens is 270 g/mol. The lowest BCUT2D eigenvalue weighted by Gasteiger charge is -2.05. The van der Waals surface area contributed by atoms with Gasteiger partial charge < -0.3 is 10.1 Å². The Morgan fingerprint density at radius 1 is 1.42 bits per heavy atom. The Balaban J connectivity index is 2.34. The molecule has 0 atom stereocenters. The second kappa shape index (κ2) is 5.69. The van der Waals surface area contributed by atoms with Gasteiger partial charge in [-0.25, -0.2) is 9.89 Å². The van der Waals surface area contributed by atoms with Gasteiger partial charge in [-0.15, -0.1) is 5.10 Å². The molecule has 0 unspecified atom stereocenters. The molecule has 2 heterocycles. The smallest absolute Gasteiger partial charge is 0.343 e. The Morgan fingerprint density at radius 3 is 2.84 bits per heavy atom. The summed E-state index contributed by atoms with van der Waals surface area (Å²) in [5, 5.41) is 10.00. The molecule has 10 heteroatoms. The summed E-state index contributed by atoms with van der Waals surface area (Å²) in [4.78, 5) is 23.7. The lowest BCUT2D eigenvalue weighted by Crippen LogP contribution is -2.16. The fourth-order valence-electron chi connectivity index (χ4n) is 1.33. The van der Waals surface area contributed by atoms with Crippen molar-refractivity contribution in [2.75, 3.05) is 19.5 Å². The molecule has 2 N–H and O–H groups in total. The molecule has 2 aromatic heterocycles. The maximum Gasteiger partial charge on any atom is 0.343 e. The average molecular weight is 283 g/mol. The van der Waals surface area contributed by atoms with Crippen LogP contribution in [-0.4, -0.2) is 43.9 Å². The van der Waals surface area contributed by atoms with Crippen molar-refractivity contribution in [3.63, 3.8) is 0 Å². The topological polar surface area (TPSA) is 111 Å². The van der Waals surface area contributed by atoms with Gasteiger partial charge in [0.15, 0.2) is 5.16 Å². The molecule has 0 aliphatic carbocycles. The van der Waals surface area contributed by atoms with Crippen molar-refractivity contribution in [1.29, 1.82) is 0 Å². The first-order valence-electron chi connectivity index (χ1n) is 5.48. The average Bonchev–Trinajstić information content (AvgIpc) is 2.78. The molecule has 0 saturated carbocycles. The van der Waals surface area contributed by atoms with Crippen LogP contribution in [0.15, 0.2) is 15.1 Å². The Kier molecular flexibility index (Phi) is 4.00. The number of ether oxygens (including phenoxy) is 1. The zero-order valence-electron chi connectivity index (χ0n) is 10.7. The number of nitrogens with one attached hydrogen (secondary N) is 2. The Hall–Kier alpha value is -2.10. The number of hydrogen-bond donors (Lipinski definition) is 2. The SMILES string of the molecule is CCn1c(Sc2nc(NC)nc(OC)n2)n[nH]c1=O. The first-order chi connectivity index (χ1) is 9.17. The zero-order valence-corrected chi connectivity index (χ0v) is 11.5. The van der Waals surface area contributed by atoms with Crippen LogP contribution in [0.3, 0.4) is 0 Å². The number of methoxy groups -OCH3 is 1. The number of nitrogens with zero attached hydrogens (tertiary/aromatic N) is 5. The molecule has 0 amide bonds. The van der Waals surface area contributed by atoms with Gasteiger partial charge in [-0.1, -0.05) is 0 Å². The molecule has 0 aliphatic rings. The van der Waals surface area contributed by atoms with Gasteiger partial charge in [0.1, 0.15) is 0 Å². The van der Waals surface area contributed by atoms with Crippen LogP contribution in [0.5, 0.6) is 6.01 Å². The van der Waals surface area contributed by atoms with E-state index in [1.807, 2.05) is 6.92 Å². The summed E-state index contributed by atoms with van der Waals surface area (Å²) < 4.78 is 6.47. The summed E-state index contributed by atoms with van der Waals surface area (Å²) in [7, 11) is 3.17. The van der Waals surface area contributed by atoms with Crippen LogP contribution in [-0.2, 0) is 6.54 Å². The van der Waals surface area contributed by atoms with Crippen LogP contribution in [0.1, 0.15) is 6.92 Å². The third kappa shape index (κ3) is 2.84. The summed E-state index contributed by atoms with van der Waals surface area (Å²) in [5.41, 5.74) is -0.264. The molecule has 2 aromatic rings. The Morgan fingerprint density at radius 2 is 2.21 bits per heavy atom. The molecule has 9 nitrogen and oxygen atoms in total. The van der Waals surface area contributed by atoms with E-state index < -0.39 is 0 Å². The number of rotatable bonds is 5. The summed E-state index contributed by atoms with van der Waals surface area (Å²) in [6.45, 7) is 2.37.